The van der Waals surface area contributed by atoms with Gasteiger partial charge in [-0.1, -0.05) is 18.0 Å². The first-order valence-corrected chi connectivity index (χ1v) is 9.64. The van der Waals surface area contributed by atoms with E-state index in [0.29, 0.717) is 41.1 Å². The lowest BCUT2D eigenvalue weighted by atomic mass is 9.94. The minimum Gasteiger partial charge on any atom is -0.493 e. The Labute approximate surface area is 167 Å². The molecule has 3 unspecified atom stereocenters. The lowest BCUT2D eigenvalue weighted by Crippen LogP contribution is -2.50. The molecule has 2 N–H and O–H groups in total. The van der Waals surface area contributed by atoms with Gasteiger partial charge in [-0.3, -0.25) is 0 Å². The summed E-state index contributed by atoms with van der Waals surface area (Å²) in [6, 6.07) is 4.95. The topological polar surface area (TPSA) is 51.8 Å². The van der Waals surface area contributed by atoms with Gasteiger partial charge in [0.15, 0.2) is 11.5 Å². The van der Waals surface area contributed by atoms with Crippen LogP contribution in [0.15, 0.2) is 12.1 Å². The molecule has 1 heterocycles. The van der Waals surface area contributed by atoms with Crippen LogP contribution in [0.2, 0.25) is 5.02 Å². The summed E-state index contributed by atoms with van der Waals surface area (Å²) in [6.45, 7) is 5.89. The Morgan fingerprint density at radius 3 is 2.88 bits per heavy atom. The molecule has 2 aliphatic rings. The highest BCUT2D eigenvalue weighted by atomic mass is 35.5. The van der Waals surface area contributed by atoms with Crippen LogP contribution in [0.4, 0.5) is 0 Å². The van der Waals surface area contributed by atoms with Crippen LogP contribution >= 0.6 is 24.0 Å². The molecule has 0 amide bonds. The minimum atomic E-state index is 0. The number of hydrogen-bond acceptors (Lipinski definition) is 5. The van der Waals surface area contributed by atoms with E-state index in [1.165, 1.54) is 19.3 Å². The van der Waals surface area contributed by atoms with Gasteiger partial charge in [-0.2, -0.15) is 0 Å². The van der Waals surface area contributed by atoms with Gasteiger partial charge < -0.3 is 24.8 Å². The fourth-order valence-corrected chi connectivity index (χ4v) is 4.28. The summed E-state index contributed by atoms with van der Waals surface area (Å²) in [7, 11) is 1.65. The summed E-state index contributed by atoms with van der Waals surface area (Å²) >= 11 is 6.38. The van der Waals surface area contributed by atoms with E-state index in [-0.39, 0.29) is 12.4 Å². The van der Waals surface area contributed by atoms with E-state index in [1.54, 1.807) is 7.11 Å². The van der Waals surface area contributed by atoms with Gasteiger partial charge in [0, 0.05) is 25.2 Å². The normalized spacial score (nSPS) is 25.6. The van der Waals surface area contributed by atoms with Crippen LogP contribution in [0, 0.1) is 5.92 Å². The Balaban J connectivity index is 0.00000243. The van der Waals surface area contributed by atoms with E-state index >= 15 is 0 Å². The third-order valence-corrected chi connectivity index (χ3v) is 5.46. The van der Waals surface area contributed by atoms with Crippen LogP contribution < -0.4 is 20.1 Å². The van der Waals surface area contributed by atoms with Gasteiger partial charge in [0.05, 0.1) is 32.0 Å². The SMILES string of the molecule is CCOc1c(Cl)cc(CNC2CCCC2C2COCCN2)cc1OC.Cl. The fourth-order valence-electron chi connectivity index (χ4n) is 3.99. The van der Waals surface area contributed by atoms with Crippen molar-refractivity contribution in [2.24, 2.45) is 5.92 Å². The van der Waals surface area contributed by atoms with E-state index < -0.39 is 0 Å². The van der Waals surface area contributed by atoms with Crippen molar-refractivity contribution >= 4 is 24.0 Å². The largest absolute Gasteiger partial charge is 0.493 e. The van der Waals surface area contributed by atoms with Gasteiger partial charge in [0.1, 0.15) is 0 Å². The maximum atomic E-state index is 6.38. The monoisotopic (exact) mass is 404 g/mol. The van der Waals surface area contributed by atoms with E-state index in [4.69, 9.17) is 25.8 Å². The first-order valence-electron chi connectivity index (χ1n) is 9.26. The Hall–Kier alpha value is -0.720. The lowest BCUT2D eigenvalue weighted by molar-refractivity contribution is 0.0524. The minimum absolute atomic E-state index is 0. The maximum absolute atomic E-state index is 6.38. The van der Waals surface area contributed by atoms with Crippen LogP contribution in [-0.2, 0) is 11.3 Å². The molecule has 7 heteroatoms. The van der Waals surface area contributed by atoms with E-state index in [9.17, 15) is 0 Å². The molecule has 1 aromatic carbocycles. The zero-order valence-electron chi connectivity index (χ0n) is 15.6. The first kappa shape index (κ1) is 21.6. The molecular weight excluding hydrogens is 375 g/mol. The molecule has 0 aromatic heterocycles. The zero-order chi connectivity index (χ0) is 17.6. The van der Waals surface area contributed by atoms with Crippen molar-refractivity contribution in [1.82, 2.24) is 10.6 Å². The number of ether oxygens (including phenoxy) is 3. The molecule has 0 spiro atoms. The summed E-state index contributed by atoms with van der Waals surface area (Å²) in [5.74, 6) is 1.94. The molecule has 148 valence electrons. The smallest absolute Gasteiger partial charge is 0.179 e. The Morgan fingerprint density at radius 1 is 1.35 bits per heavy atom. The second-order valence-corrected chi connectivity index (χ2v) is 7.17. The highest BCUT2D eigenvalue weighted by Crippen LogP contribution is 2.37. The molecule has 1 aliphatic carbocycles. The third-order valence-electron chi connectivity index (χ3n) is 5.18. The van der Waals surface area contributed by atoms with Crippen LogP contribution in [-0.4, -0.2) is 45.6 Å². The highest BCUT2D eigenvalue weighted by Gasteiger charge is 2.34. The van der Waals surface area contributed by atoms with Gasteiger partial charge in [-0.05, 0) is 43.4 Å². The zero-order valence-corrected chi connectivity index (χ0v) is 17.1. The summed E-state index contributed by atoms with van der Waals surface area (Å²) < 4.78 is 16.7. The molecule has 3 atom stereocenters. The molecule has 1 saturated heterocycles. The summed E-state index contributed by atoms with van der Waals surface area (Å²) in [4.78, 5) is 0. The fraction of sp³-hybridized carbons (Fsp3) is 0.684. The van der Waals surface area contributed by atoms with E-state index in [1.807, 2.05) is 19.1 Å². The van der Waals surface area contributed by atoms with Crippen molar-refractivity contribution in [2.75, 3.05) is 33.5 Å². The summed E-state index contributed by atoms with van der Waals surface area (Å²) in [5.41, 5.74) is 1.11. The van der Waals surface area contributed by atoms with Gasteiger partial charge >= 0.3 is 0 Å². The van der Waals surface area contributed by atoms with Gasteiger partial charge in [-0.25, -0.2) is 0 Å². The molecule has 1 saturated carbocycles. The van der Waals surface area contributed by atoms with E-state index in [0.717, 1.165) is 31.9 Å². The standard InChI is InChI=1S/C19H29ClN2O3.ClH/c1-3-25-19-15(20)9-13(10-18(19)23-2)11-22-16-6-4-5-14(16)17-12-24-8-7-21-17;/h9-10,14,16-17,21-22H,3-8,11-12H2,1-2H3;1H. The van der Waals surface area contributed by atoms with Crippen LogP contribution in [0.5, 0.6) is 11.5 Å². The number of benzene rings is 1. The van der Waals surface area contributed by atoms with Crippen LogP contribution in [0.1, 0.15) is 31.7 Å². The molecule has 1 aromatic rings. The predicted octanol–water partition coefficient (Wildman–Crippen LogP) is 3.42. The quantitative estimate of drug-likeness (QED) is 0.728. The van der Waals surface area contributed by atoms with Crippen LogP contribution in [0.3, 0.4) is 0 Å². The Bertz CT molecular complexity index is 568. The molecule has 0 bridgehead atoms. The molecule has 1 aliphatic heterocycles. The summed E-state index contributed by atoms with van der Waals surface area (Å²) in [5, 5.41) is 7.94. The number of rotatable bonds is 7. The average Bonchev–Trinajstić information content (AvgIpc) is 3.11. The predicted molar refractivity (Wildman–Crippen MR) is 107 cm³/mol. The third kappa shape index (κ3) is 5.17. The molecule has 26 heavy (non-hydrogen) atoms. The molecular formula is C19H30Cl2N2O3. The second-order valence-electron chi connectivity index (χ2n) is 6.76. The van der Waals surface area contributed by atoms with Crippen molar-refractivity contribution < 1.29 is 14.2 Å². The first-order chi connectivity index (χ1) is 12.2. The number of morpholine rings is 1. The van der Waals surface area contributed by atoms with Crippen molar-refractivity contribution in [2.45, 2.75) is 44.8 Å². The number of nitrogens with one attached hydrogen (secondary N) is 2. The summed E-state index contributed by atoms with van der Waals surface area (Å²) in [6.07, 6.45) is 3.74. The van der Waals surface area contributed by atoms with Crippen LogP contribution in [0.25, 0.3) is 0 Å². The Morgan fingerprint density at radius 2 is 2.19 bits per heavy atom. The molecule has 0 radical (unpaired) electrons. The van der Waals surface area contributed by atoms with E-state index in [2.05, 4.69) is 10.6 Å². The second kappa shape index (κ2) is 10.6. The molecule has 3 rings (SSSR count). The average molecular weight is 405 g/mol. The highest BCUT2D eigenvalue weighted by molar-refractivity contribution is 6.32. The van der Waals surface area contributed by atoms with Crippen molar-refractivity contribution in [3.05, 3.63) is 22.7 Å². The van der Waals surface area contributed by atoms with Crippen molar-refractivity contribution in [3.8, 4) is 11.5 Å². The number of halogens is 2. The number of methoxy groups -OCH3 is 1. The lowest BCUT2D eigenvalue weighted by Gasteiger charge is -2.33. The molecule has 5 nitrogen and oxygen atoms in total. The maximum Gasteiger partial charge on any atom is 0.179 e. The van der Waals surface area contributed by atoms with Crippen molar-refractivity contribution in [1.29, 1.82) is 0 Å². The number of hydrogen-bond donors (Lipinski definition) is 2. The van der Waals surface area contributed by atoms with Gasteiger partial charge in [0.2, 0.25) is 0 Å². The van der Waals surface area contributed by atoms with Crippen molar-refractivity contribution in [3.63, 3.8) is 0 Å². The Kier molecular flexibility index (Phi) is 8.77. The van der Waals surface area contributed by atoms with Gasteiger partial charge in [-0.15, -0.1) is 12.4 Å². The molecule has 2 fully saturated rings. The van der Waals surface area contributed by atoms with Gasteiger partial charge in [0.25, 0.3) is 0 Å².